The maximum atomic E-state index is 13.8. The summed E-state index contributed by atoms with van der Waals surface area (Å²) in [6, 6.07) is 21.9. The van der Waals surface area contributed by atoms with Gasteiger partial charge in [-0.25, -0.2) is 8.42 Å². The Morgan fingerprint density at radius 2 is 1.72 bits per heavy atom. The third-order valence-corrected chi connectivity index (χ3v) is 10.2. The second-order valence-electron chi connectivity index (χ2n) is 10.5. The molecule has 2 aliphatic rings. The first-order chi connectivity index (χ1) is 18.9. The maximum absolute atomic E-state index is 13.8. The standard InChI is InChI=1S/C31H36N2O5S.3H2/c1-38-28-14-12-25(13-15-28)31(18-3-2-4-19-31)30(35)32-26-8-5-7-24(21-26)23-10-16-29(17-11-23)39(36,37)33-20-6-9-27(33)22-34;;;/h5,7-8,10-17,21,27,34H,2-4,6,9,18-20,22H2,1H3,(H,32,35);3*1H/t27-;;;/m1.../s1. The number of benzene rings is 3. The highest BCUT2D eigenvalue weighted by Crippen LogP contribution is 2.41. The van der Waals surface area contributed by atoms with Crippen LogP contribution in [-0.4, -0.2) is 50.0 Å². The minimum Gasteiger partial charge on any atom is -0.497 e. The van der Waals surface area contributed by atoms with Gasteiger partial charge < -0.3 is 15.2 Å². The van der Waals surface area contributed by atoms with Gasteiger partial charge >= 0.3 is 0 Å². The van der Waals surface area contributed by atoms with Gasteiger partial charge in [-0.1, -0.05) is 55.7 Å². The van der Waals surface area contributed by atoms with E-state index in [-0.39, 0.29) is 27.7 Å². The smallest absolute Gasteiger partial charge is 0.243 e. The lowest BCUT2D eigenvalue weighted by molar-refractivity contribution is -0.122. The maximum Gasteiger partial charge on any atom is 0.243 e. The Labute approximate surface area is 235 Å². The monoisotopic (exact) mass is 554 g/mol. The Kier molecular flexibility index (Phi) is 8.07. The van der Waals surface area contributed by atoms with E-state index >= 15 is 0 Å². The van der Waals surface area contributed by atoms with Crippen molar-refractivity contribution in [3.05, 3.63) is 78.4 Å². The molecule has 39 heavy (non-hydrogen) atoms. The molecule has 3 aromatic rings. The van der Waals surface area contributed by atoms with E-state index in [1.54, 1.807) is 31.4 Å². The lowest BCUT2D eigenvalue weighted by atomic mass is 9.68. The number of sulfonamides is 1. The average Bonchev–Trinajstić information content (AvgIpc) is 3.48. The van der Waals surface area contributed by atoms with Crippen LogP contribution < -0.4 is 10.1 Å². The van der Waals surface area contributed by atoms with Crippen LogP contribution in [0.15, 0.2) is 77.7 Å². The van der Waals surface area contributed by atoms with Crippen LogP contribution in [0, 0.1) is 0 Å². The number of amides is 1. The summed E-state index contributed by atoms with van der Waals surface area (Å²) < 4.78 is 33.0. The number of aliphatic hydroxyl groups is 1. The van der Waals surface area contributed by atoms with Gasteiger partial charge in [-0.3, -0.25) is 4.79 Å². The van der Waals surface area contributed by atoms with Crippen molar-refractivity contribution < 1.29 is 27.3 Å². The SMILES string of the molecule is COc1ccc(C2(C(=O)Nc3cccc(-c4ccc(S(=O)(=O)N5CCC[C@@H]5CO)cc4)c3)CCCCC2)cc1.[HH].[HH].[HH]. The molecule has 7 nitrogen and oxygen atoms in total. The molecule has 5 rings (SSSR count). The number of rotatable bonds is 8. The Balaban J connectivity index is 0.00000205. The molecule has 8 heteroatoms. The van der Waals surface area contributed by atoms with Crippen LogP contribution in [0.2, 0.25) is 0 Å². The summed E-state index contributed by atoms with van der Waals surface area (Å²) >= 11 is 0. The van der Waals surface area contributed by atoms with Crippen molar-refractivity contribution in [3.63, 3.8) is 0 Å². The highest BCUT2D eigenvalue weighted by Gasteiger charge is 2.41. The van der Waals surface area contributed by atoms with Crippen molar-refractivity contribution >= 4 is 21.6 Å². The molecule has 0 unspecified atom stereocenters. The Morgan fingerprint density at radius 1 is 1.00 bits per heavy atom. The number of methoxy groups -OCH3 is 1. The number of anilines is 1. The Morgan fingerprint density at radius 3 is 2.38 bits per heavy atom. The van der Waals surface area contributed by atoms with Crippen LogP contribution in [-0.2, 0) is 20.2 Å². The van der Waals surface area contributed by atoms with Crippen LogP contribution in [0.4, 0.5) is 5.69 Å². The summed E-state index contributed by atoms with van der Waals surface area (Å²) in [6.45, 7) is 0.255. The molecule has 1 atom stereocenters. The summed E-state index contributed by atoms with van der Waals surface area (Å²) in [4.78, 5) is 14.0. The molecule has 1 saturated heterocycles. The Bertz CT molecular complexity index is 1410. The van der Waals surface area contributed by atoms with Gasteiger partial charge in [-0.15, -0.1) is 0 Å². The van der Waals surface area contributed by atoms with Crippen molar-refractivity contribution in [1.82, 2.24) is 4.31 Å². The fraction of sp³-hybridized carbons (Fsp3) is 0.387. The quantitative estimate of drug-likeness (QED) is 0.352. The summed E-state index contributed by atoms with van der Waals surface area (Å²) in [5.74, 6) is 0.764. The van der Waals surface area contributed by atoms with Gasteiger partial charge in [-0.2, -0.15) is 4.31 Å². The van der Waals surface area contributed by atoms with E-state index in [4.69, 9.17) is 4.74 Å². The Hall–Kier alpha value is -3.20. The molecule has 1 saturated carbocycles. The molecule has 1 amide bonds. The normalized spacial score (nSPS) is 19.5. The number of nitrogens with zero attached hydrogens (tertiary/aromatic N) is 1. The van der Waals surface area contributed by atoms with Gasteiger partial charge in [0.15, 0.2) is 0 Å². The van der Waals surface area contributed by atoms with Gasteiger partial charge in [-0.05, 0) is 78.8 Å². The topological polar surface area (TPSA) is 95.9 Å². The van der Waals surface area contributed by atoms with E-state index in [9.17, 15) is 18.3 Å². The summed E-state index contributed by atoms with van der Waals surface area (Å²) in [5, 5.41) is 12.7. The molecule has 1 aliphatic heterocycles. The minimum absolute atomic E-state index is 0. The molecule has 1 aliphatic carbocycles. The van der Waals surface area contributed by atoms with Crippen LogP contribution in [0.3, 0.4) is 0 Å². The molecule has 2 fully saturated rings. The molecular weight excluding hydrogens is 512 g/mol. The predicted molar refractivity (Wildman–Crippen MR) is 159 cm³/mol. The predicted octanol–water partition coefficient (Wildman–Crippen LogP) is 6.09. The molecule has 3 aromatic carbocycles. The van der Waals surface area contributed by atoms with Crippen LogP contribution in [0.1, 0.15) is 54.8 Å². The fourth-order valence-corrected chi connectivity index (χ4v) is 7.69. The van der Waals surface area contributed by atoms with Crippen molar-refractivity contribution in [1.29, 1.82) is 0 Å². The lowest BCUT2D eigenvalue weighted by Gasteiger charge is -2.36. The highest BCUT2D eigenvalue weighted by atomic mass is 32.2. The lowest BCUT2D eigenvalue weighted by Crippen LogP contribution is -2.42. The fourth-order valence-electron chi connectivity index (χ4n) is 6.00. The largest absolute Gasteiger partial charge is 0.497 e. The van der Waals surface area contributed by atoms with Crippen molar-refractivity contribution in [2.75, 3.05) is 25.6 Å². The second-order valence-corrected chi connectivity index (χ2v) is 12.4. The van der Waals surface area contributed by atoms with Crippen molar-refractivity contribution in [3.8, 4) is 16.9 Å². The zero-order valence-corrected chi connectivity index (χ0v) is 23.1. The molecule has 2 N–H and O–H groups in total. The molecular formula is C31H42N2O5S. The van der Waals surface area contributed by atoms with E-state index in [1.165, 1.54) is 4.31 Å². The summed E-state index contributed by atoms with van der Waals surface area (Å²) in [7, 11) is -2.03. The summed E-state index contributed by atoms with van der Waals surface area (Å²) in [5.41, 5.74) is 2.87. The molecule has 0 aromatic heterocycles. The van der Waals surface area contributed by atoms with Gasteiger partial charge in [0.1, 0.15) is 5.75 Å². The molecule has 0 bridgehead atoms. The van der Waals surface area contributed by atoms with E-state index in [0.29, 0.717) is 18.7 Å². The third kappa shape index (κ3) is 5.46. The number of nitrogens with one attached hydrogen (secondary N) is 1. The van der Waals surface area contributed by atoms with E-state index in [1.807, 2.05) is 48.5 Å². The first-order valence-corrected chi connectivity index (χ1v) is 15.1. The first kappa shape index (κ1) is 27.4. The van der Waals surface area contributed by atoms with Crippen LogP contribution in [0.5, 0.6) is 5.75 Å². The van der Waals surface area contributed by atoms with E-state index < -0.39 is 15.4 Å². The van der Waals surface area contributed by atoms with Gasteiger partial charge in [0, 0.05) is 22.6 Å². The first-order valence-electron chi connectivity index (χ1n) is 13.7. The van der Waals surface area contributed by atoms with Crippen LogP contribution in [0.25, 0.3) is 11.1 Å². The third-order valence-electron chi connectivity index (χ3n) is 8.23. The number of hydrogen-bond acceptors (Lipinski definition) is 5. The van der Waals surface area contributed by atoms with Crippen LogP contribution >= 0.6 is 0 Å². The van der Waals surface area contributed by atoms with Crippen molar-refractivity contribution in [2.24, 2.45) is 0 Å². The number of carbonyl (C=O) groups is 1. The molecule has 0 radical (unpaired) electrons. The second kappa shape index (κ2) is 11.5. The molecule has 212 valence electrons. The van der Waals surface area contributed by atoms with Gasteiger partial charge in [0.25, 0.3) is 0 Å². The minimum atomic E-state index is -3.66. The average molecular weight is 555 g/mol. The number of hydrogen-bond donors (Lipinski definition) is 2. The molecule has 1 heterocycles. The molecule has 0 spiro atoms. The zero-order chi connectivity index (χ0) is 27.5. The zero-order valence-electron chi connectivity index (χ0n) is 22.3. The van der Waals surface area contributed by atoms with E-state index in [0.717, 1.165) is 61.0 Å². The van der Waals surface area contributed by atoms with E-state index in [2.05, 4.69) is 5.32 Å². The number of carbonyl (C=O) groups excluding carboxylic acids is 1. The number of ether oxygens (including phenoxy) is 1. The summed E-state index contributed by atoms with van der Waals surface area (Å²) in [6.07, 6.45) is 6.16. The van der Waals surface area contributed by atoms with Gasteiger partial charge in [0.05, 0.1) is 24.0 Å². The highest BCUT2D eigenvalue weighted by molar-refractivity contribution is 7.89. The van der Waals surface area contributed by atoms with Crippen molar-refractivity contribution in [2.45, 2.75) is 61.3 Å². The van der Waals surface area contributed by atoms with Gasteiger partial charge in [0.2, 0.25) is 15.9 Å². The number of aliphatic hydroxyl groups excluding tert-OH is 1.